The van der Waals surface area contributed by atoms with Gasteiger partial charge >= 0.3 is 0 Å². The van der Waals surface area contributed by atoms with Gasteiger partial charge in [0.2, 0.25) is 0 Å². The van der Waals surface area contributed by atoms with Crippen LogP contribution in [0.15, 0.2) is 23.5 Å². The number of nitrogens with two attached hydrogens (primary N) is 1. The molecule has 0 heterocycles. The van der Waals surface area contributed by atoms with Gasteiger partial charge in [0.1, 0.15) is 8.07 Å². The second-order valence-corrected chi connectivity index (χ2v) is 10.8. The molecule has 0 saturated heterocycles. The zero-order valence-electron chi connectivity index (χ0n) is 10.6. The first-order valence-corrected chi connectivity index (χ1v) is 8.28. The normalized spacial score (nSPS) is 14.3. The largest absolute Gasteiger partial charge is 0.406 e. The van der Waals surface area contributed by atoms with E-state index in [4.69, 9.17) is 5.73 Å². The molecule has 0 rings (SSSR count). The average Bonchev–Trinajstić information content (AvgIpc) is 2.01. The van der Waals surface area contributed by atoms with Gasteiger partial charge in [-0.3, -0.25) is 0 Å². The molecular weight excluding hydrogens is 186 g/mol. The maximum absolute atomic E-state index is 6.18. The molecule has 0 aromatic heterocycles. The van der Waals surface area contributed by atoms with Gasteiger partial charge in [0.05, 0.1) is 0 Å². The van der Waals surface area contributed by atoms with Crippen LogP contribution in [0.3, 0.4) is 0 Å². The smallest absolute Gasteiger partial charge is 0.106 e. The third-order valence-electron chi connectivity index (χ3n) is 3.41. The number of hydrogen-bond donors (Lipinski definition) is 1. The van der Waals surface area contributed by atoms with Crippen molar-refractivity contribution < 1.29 is 0 Å². The predicted octanol–water partition coefficient (Wildman–Crippen LogP) is 3.84. The van der Waals surface area contributed by atoms with Crippen LogP contribution in [0.5, 0.6) is 0 Å². The topological polar surface area (TPSA) is 26.0 Å². The highest BCUT2D eigenvalue weighted by Crippen LogP contribution is 2.39. The summed E-state index contributed by atoms with van der Waals surface area (Å²) in [6.07, 6.45) is 3.06. The summed E-state index contributed by atoms with van der Waals surface area (Å²) in [5.74, 6) is 0. The van der Waals surface area contributed by atoms with Gasteiger partial charge in [-0.1, -0.05) is 52.9 Å². The van der Waals surface area contributed by atoms with Gasteiger partial charge in [-0.15, -0.1) is 0 Å². The number of rotatable bonds is 3. The Balaban J connectivity index is 4.93. The van der Waals surface area contributed by atoms with Crippen LogP contribution in [0.4, 0.5) is 0 Å². The minimum Gasteiger partial charge on any atom is -0.406 e. The van der Waals surface area contributed by atoms with E-state index in [0.29, 0.717) is 5.04 Å². The SMILES string of the molecule is C=C(C=C(N)[Si](C)(C)C(C)(C)C)CC. The molecule has 2 heteroatoms. The van der Waals surface area contributed by atoms with Crippen molar-refractivity contribution in [2.45, 2.75) is 52.2 Å². The molecule has 14 heavy (non-hydrogen) atoms. The lowest BCUT2D eigenvalue weighted by atomic mass is 10.2. The Hall–Kier alpha value is -0.503. The molecule has 0 radical (unpaired) electrons. The molecule has 0 atom stereocenters. The van der Waals surface area contributed by atoms with E-state index in [1.165, 1.54) is 0 Å². The average molecular weight is 211 g/mol. The molecule has 82 valence electrons. The summed E-state index contributed by atoms with van der Waals surface area (Å²) in [7, 11) is -1.51. The van der Waals surface area contributed by atoms with Gasteiger partial charge in [0.25, 0.3) is 0 Å². The van der Waals surface area contributed by atoms with Crippen LogP contribution in [-0.2, 0) is 0 Å². The first-order valence-electron chi connectivity index (χ1n) is 5.28. The summed E-state index contributed by atoms with van der Waals surface area (Å²) in [4.78, 5) is 0. The lowest BCUT2D eigenvalue weighted by Gasteiger charge is -2.37. The quantitative estimate of drug-likeness (QED) is 0.557. The Morgan fingerprint density at radius 2 is 1.79 bits per heavy atom. The van der Waals surface area contributed by atoms with Gasteiger partial charge < -0.3 is 5.73 Å². The van der Waals surface area contributed by atoms with Gasteiger partial charge in [0.15, 0.2) is 0 Å². The summed E-state index contributed by atoms with van der Waals surface area (Å²) in [5, 5.41) is 1.37. The van der Waals surface area contributed by atoms with Crippen molar-refractivity contribution in [2.75, 3.05) is 0 Å². The molecule has 0 spiro atoms. The molecule has 1 nitrogen and oxygen atoms in total. The van der Waals surface area contributed by atoms with E-state index in [-0.39, 0.29) is 0 Å². The zero-order chi connectivity index (χ0) is 11.6. The zero-order valence-corrected chi connectivity index (χ0v) is 11.6. The standard InChI is InChI=1S/C12H25NSi/c1-8-10(2)9-11(13)14(6,7)12(3,4)5/h9H,2,8,13H2,1,3-7H3. The van der Waals surface area contributed by atoms with Crippen LogP contribution < -0.4 is 5.73 Å². The fourth-order valence-electron chi connectivity index (χ4n) is 0.935. The molecule has 0 bridgehead atoms. The highest BCUT2D eigenvalue weighted by Gasteiger charge is 2.37. The van der Waals surface area contributed by atoms with Gasteiger partial charge in [-0.25, -0.2) is 0 Å². The van der Waals surface area contributed by atoms with Crippen molar-refractivity contribution in [3.05, 3.63) is 23.5 Å². The fraction of sp³-hybridized carbons (Fsp3) is 0.667. The predicted molar refractivity (Wildman–Crippen MR) is 68.9 cm³/mol. The minimum absolute atomic E-state index is 0.307. The monoisotopic (exact) mass is 211 g/mol. The fourth-order valence-corrected chi connectivity index (χ4v) is 2.37. The molecule has 0 aliphatic carbocycles. The van der Waals surface area contributed by atoms with Crippen molar-refractivity contribution in [2.24, 2.45) is 5.73 Å². The second-order valence-electron chi connectivity index (χ2n) is 5.49. The summed E-state index contributed by atoms with van der Waals surface area (Å²) in [6, 6.07) is 0. The van der Waals surface area contributed by atoms with Crippen LogP contribution in [0.2, 0.25) is 18.1 Å². The molecule has 0 unspecified atom stereocenters. The molecule has 0 fully saturated rings. The van der Waals surface area contributed by atoms with Crippen LogP contribution in [0, 0.1) is 0 Å². The Labute approximate surface area is 90.1 Å². The van der Waals surface area contributed by atoms with E-state index in [9.17, 15) is 0 Å². The first kappa shape index (κ1) is 13.5. The summed E-state index contributed by atoms with van der Waals surface area (Å²) in [6.45, 7) is 17.5. The highest BCUT2D eigenvalue weighted by atomic mass is 28.3. The summed E-state index contributed by atoms with van der Waals surface area (Å²) in [5.41, 5.74) is 7.31. The minimum atomic E-state index is -1.51. The van der Waals surface area contributed by atoms with E-state index < -0.39 is 8.07 Å². The lowest BCUT2D eigenvalue weighted by Crippen LogP contribution is -2.43. The van der Waals surface area contributed by atoms with E-state index in [1.807, 2.05) is 0 Å². The van der Waals surface area contributed by atoms with Crippen LogP contribution in [0.25, 0.3) is 0 Å². The Bertz CT molecular complexity index is 244. The molecule has 0 aromatic rings. The van der Waals surface area contributed by atoms with Gasteiger partial charge in [0, 0.05) is 0 Å². The molecule has 0 amide bonds. The van der Waals surface area contributed by atoms with E-state index in [0.717, 1.165) is 17.3 Å². The second kappa shape index (κ2) is 4.35. The summed E-state index contributed by atoms with van der Waals surface area (Å²) < 4.78 is 0. The molecule has 2 N–H and O–H groups in total. The molecule has 0 aromatic carbocycles. The van der Waals surface area contributed by atoms with E-state index >= 15 is 0 Å². The van der Waals surface area contributed by atoms with Crippen molar-refractivity contribution in [1.29, 1.82) is 0 Å². The van der Waals surface area contributed by atoms with Gasteiger partial charge in [-0.05, 0) is 22.9 Å². The molecular formula is C12H25NSi. The maximum atomic E-state index is 6.18. The van der Waals surface area contributed by atoms with Crippen molar-refractivity contribution in [3.63, 3.8) is 0 Å². The number of hydrogen-bond acceptors (Lipinski definition) is 1. The van der Waals surface area contributed by atoms with Crippen molar-refractivity contribution in [3.8, 4) is 0 Å². The third kappa shape index (κ3) is 3.02. The number of allylic oxidation sites excluding steroid dienone is 2. The Morgan fingerprint density at radius 1 is 1.36 bits per heavy atom. The molecule has 0 aliphatic rings. The summed E-state index contributed by atoms with van der Waals surface area (Å²) >= 11 is 0. The molecule has 0 saturated carbocycles. The van der Waals surface area contributed by atoms with Crippen molar-refractivity contribution >= 4 is 8.07 Å². The highest BCUT2D eigenvalue weighted by molar-refractivity contribution is 6.86. The van der Waals surface area contributed by atoms with Crippen LogP contribution >= 0.6 is 0 Å². The first-order chi connectivity index (χ1) is 6.13. The lowest BCUT2D eigenvalue weighted by molar-refractivity contribution is 0.723. The Kier molecular flexibility index (Phi) is 4.19. The maximum Gasteiger partial charge on any atom is 0.106 e. The third-order valence-corrected chi connectivity index (χ3v) is 8.75. The van der Waals surface area contributed by atoms with Crippen LogP contribution in [0.1, 0.15) is 34.1 Å². The van der Waals surface area contributed by atoms with Crippen molar-refractivity contribution in [1.82, 2.24) is 0 Å². The molecule has 0 aliphatic heterocycles. The Morgan fingerprint density at radius 3 is 2.07 bits per heavy atom. The van der Waals surface area contributed by atoms with E-state index in [1.54, 1.807) is 0 Å². The van der Waals surface area contributed by atoms with Crippen LogP contribution in [-0.4, -0.2) is 8.07 Å². The van der Waals surface area contributed by atoms with Gasteiger partial charge in [-0.2, -0.15) is 0 Å². The van der Waals surface area contributed by atoms with E-state index in [2.05, 4.69) is 53.4 Å².